The minimum atomic E-state index is -0.193. The average molecular weight is 376 g/mol. The van der Waals surface area contributed by atoms with Crippen molar-refractivity contribution in [3.8, 4) is 5.82 Å². The maximum atomic E-state index is 12.9. The number of nitrogens with one attached hydrogen (secondary N) is 1. The van der Waals surface area contributed by atoms with Gasteiger partial charge in [0.2, 0.25) is 0 Å². The Balaban J connectivity index is 1.55. The summed E-state index contributed by atoms with van der Waals surface area (Å²) in [6.07, 6.45) is 7.44. The standard InChI is InChI=1S/C21H24N6O/c1-15(2)20-17(14-24-27(20)19-7-3-4-10-22-19)21(28)25-16-8-9-18(23-13-16)26-11-5-6-12-26/h3-4,7-10,13-15H,5-6,11-12H2,1-2H3,(H,25,28). The van der Waals surface area contributed by atoms with Crippen LogP contribution in [-0.2, 0) is 0 Å². The molecule has 1 amide bonds. The van der Waals surface area contributed by atoms with Crippen molar-refractivity contribution in [3.05, 3.63) is 60.2 Å². The molecule has 0 aromatic carbocycles. The third kappa shape index (κ3) is 3.60. The van der Waals surface area contributed by atoms with Crippen molar-refractivity contribution in [1.82, 2.24) is 19.7 Å². The number of amides is 1. The van der Waals surface area contributed by atoms with E-state index in [1.807, 2.05) is 44.2 Å². The minimum absolute atomic E-state index is 0.112. The van der Waals surface area contributed by atoms with E-state index >= 15 is 0 Å². The maximum Gasteiger partial charge on any atom is 0.259 e. The van der Waals surface area contributed by atoms with Crippen molar-refractivity contribution in [2.75, 3.05) is 23.3 Å². The van der Waals surface area contributed by atoms with Crippen LogP contribution in [0.15, 0.2) is 48.9 Å². The summed E-state index contributed by atoms with van der Waals surface area (Å²) in [5, 5.41) is 7.35. The lowest BCUT2D eigenvalue weighted by atomic mass is 10.1. The highest BCUT2D eigenvalue weighted by molar-refractivity contribution is 6.05. The van der Waals surface area contributed by atoms with E-state index < -0.39 is 0 Å². The minimum Gasteiger partial charge on any atom is -0.357 e. The zero-order chi connectivity index (χ0) is 19.5. The van der Waals surface area contributed by atoms with Gasteiger partial charge in [0.05, 0.1) is 29.3 Å². The first-order valence-electron chi connectivity index (χ1n) is 9.65. The van der Waals surface area contributed by atoms with Crippen LogP contribution >= 0.6 is 0 Å². The second-order valence-corrected chi connectivity index (χ2v) is 7.25. The van der Waals surface area contributed by atoms with E-state index in [1.54, 1.807) is 23.3 Å². The summed E-state index contributed by atoms with van der Waals surface area (Å²) in [6.45, 7) is 6.17. The highest BCUT2D eigenvalue weighted by Gasteiger charge is 2.21. The van der Waals surface area contributed by atoms with Crippen LogP contribution in [0.2, 0.25) is 0 Å². The molecule has 0 unspecified atom stereocenters. The lowest BCUT2D eigenvalue weighted by molar-refractivity contribution is 0.102. The SMILES string of the molecule is CC(C)c1c(C(=O)Nc2ccc(N3CCCC3)nc2)cnn1-c1ccccn1. The second-order valence-electron chi connectivity index (χ2n) is 7.25. The third-order valence-corrected chi connectivity index (χ3v) is 4.90. The first kappa shape index (κ1) is 18.2. The molecule has 0 radical (unpaired) electrons. The van der Waals surface area contributed by atoms with Crippen LogP contribution < -0.4 is 10.2 Å². The molecule has 0 atom stereocenters. The molecule has 1 aliphatic rings. The van der Waals surface area contributed by atoms with Gasteiger partial charge >= 0.3 is 0 Å². The van der Waals surface area contributed by atoms with Gasteiger partial charge < -0.3 is 10.2 Å². The van der Waals surface area contributed by atoms with Crippen LogP contribution in [0.1, 0.15) is 48.7 Å². The van der Waals surface area contributed by atoms with Gasteiger partial charge in [-0.3, -0.25) is 4.79 Å². The van der Waals surface area contributed by atoms with Gasteiger partial charge in [-0.15, -0.1) is 0 Å². The number of carbonyl (C=O) groups excluding carboxylic acids is 1. The van der Waals surface area contributed by atoms with Crippen LogP contribution in [-0.4, -0.2) is 38.7 Å². The van der Waals surface area contributed by atoms with Gasteiger partial charge in [-0.2, -0.15) is 5.10 Å². The first-order valence-corrected chi connectivity index (χ1v) is 9.65. The summed E-state index contributed by atoms with van der Waals surface area (Å²) < 4.78 is 1.73. The van der Waals surface area contributed by atoms with E-state index in [-0.39, 0.29) is 11.8 Å². The molecule has 0 aliphatic carbocycles. The van der Waals surface area contributed by atoms with E-state index in [2.05, 4.69) is 25.3 Å². The highest BCUT2D eigenvalue weighted by Crippen LogP contribution is 2.24. The zero-order valence-electron chi connectivity index (χ0n) is 16.2. The molecular formula is C21H24N6O. The normalized spacial score (nSPS) is 13.9. The number of pyridine rings is 2. The lowest BCUT2D eigenvalue weighted by Gasteiger charge is -2.16. The van der Waals surface area contributed by atoms with Crippen LogP contribution in [0, 0.1) is 0 Å². The molecule has 28 heavy (non-hydrogen) atoms. The summed E-state index contributed by atoms with van der Waals surface area (Å²) in [6, 6.07) is 9.50. The van der Waals surface area contributed by atoms with E-state index in [0.29, 0.717) is 17.1 Å². The summed E-state index contributed by atoms with van der Waals surface area (Å²) >= 11 is 0. The predicted molar refractivity (Wildman–Crippen MR) is 109 cm³/mol. The Morgan fingerprint density at radius 3 is 2.50 bits per heavy atom. The molecule has 7 heteroatoms. The van der Waals surface area contributed by atoms with Crippen molar-refractivity contribution < 1.29 is 4.79 Å². The van der Waals surface area contributed by atoms with E-state index in [4.69, 9.17) is 0 Å². The zero-order valence-corrected chi connectivity index (χ0v) is 16.2. The fourth-order valence-corrected chi connectivity index (χ4v) is 3.54. The molecule has 7 nitrogen and oxygen atoms in total. The van der Waals surface area contributed by atoms with Gasteiger partial charge in [-0.1, -0.05) is 19.9 Å². The number of aromatic nitrogens is 4. The first-order chi connectivity index (χ1) is 13.6. The molecule has 1 N–H and O–H groups in total. The molecule has 0 spiro atoms. The van der Waals surface area contributed by atoms with Crippen molar-refractivity contribution in [3.63, 3.8) is 0 Å². The molecule has 3 aromatic rings. The topological polar surface area (TPSA) is 75.9 Å². The van der Waals surface area contributed by atoms with Crippen molar-refractivity contribution in [2.24, 2.45) is 0 Å². The number of carbonyl (C=O) groups is 1. The molecule has 1 saturated heterocycles. The number of rotatable bonds is 5. The van der Waals surface area contributed by atoms with E-state index in [9.17, 15) is 4.79 Å². The largest absolute Gasteiger partial charge is 0.357 e. The van der Waals surface area contributed by atoms with Gasteiger partial charge in [-0.05, 0) is 43.0 Å². The predicted octanol–water partition coefficient (Wildman–Crippen LogP) is 3.64. The van der Waals surface area contributed by atoms with Crippen LogP contribution in [0.25, 0.3) is 5.82 Å². The highest BCUT2D eigenvalue weighted by atomic mass is 16.1. The van der Waals surface area contributed by atoms with Gasteiger partial charge in [0, 0.05) is 19.3 Å². The van der Waals surface area contributed by atoms with Crippen LogP contribution in [0.5, 0.6) is 0 Å². The molecule has 4 rings (SSSR count). The fourth-order valence-electron chi connectivity index (χ4n) is 3.54. The number of anilines is 2. The Hall–Kier alpha value is -3.22. The number of hydrogen-bond acceptors (Lipinski definition) is 5. The molecule has 0 saturated carbocycles. The van der Waals surface area contributed by atoms with E-state index in [1.165, 1.54) is 12.8 Å². The maximum absolute atomic E-state index is 12.9. The van der Waals surface area contributed by atoms with Crippen molar-refractivity contribution in [1.29, 1.82) is 0 Å². The molecule has 1 fully saturated rings. The summed E-state index contributed by atoms with van der Waals surface area (Å²) in [5.74, 6) is 1.57. The molecular weight excluding hydrogens is 352 g/mol. The Labute approximate surface area is 164 Å². The lowest BCUT2D eigenvalue weighted by Crippen LogP contribution is -2.19. The Bertz CT molecular complexity index is 943. The smallest absolute Gasteiger partial charge is 0.259 e. The van der Waals surface area contributed by atoms with Crippen molar-refractivity contribution >= 4 is 17.4 Å². The summed E-state index contributed by atoms with van der Waals surface area (Å²) in [5.41, 5.74) is 2.05. The number of nitrogens with zero attached hydrogens (tertiary/aromatic N) is 5. The molecule has 3 aromatic heterocycles. The molecule has 0 bridgehead atoms. The number of hydrogen-bond donors (Lipinski definition) is 1. The quantitative estimate of drug-likeness (QED) is 0.736. The Morgan fingerprint density at radius 1 is 1.04 bits per heavy atom. The van der Waals surface area contributed by atoms with Crippen LogP contribution in [0.3, 0.4) is 0 Å². The Morgan fingerprint density at radius 2 is 1.86 bits per heavy atom. The van der Waals surface area contributed by atoms with Gasteiger partial charge in [0.25, 0.3) is 5.91 Å². The van der Waals surface area contributed by atoms with Crippen LogP contribution in [0.4, 0.5) is 11.5 Å². The second kappa shape index (κ2) is 7.80. The molecule has 144 valence electrons. The monoisotopic (exact) mass is 376 g/mol. The fraction of sp³-hybridized carbons (Fsp3) is 0.333. The summed E-state index contributed by atoms with van der Waals surface area (Å²) in [7, 11) is 0. The van der Waals surface area contributed by atoms with Gasteiger partial charge in [-0.25, -0.2) is 14.6 Å². The van der Waals surface area contributed by atoms with Gasteiger partial charge in [0.1, 0.15) is 5.82 Å². The summed E-state index contributed by atoms with van der Waals surface area (Å²) in [4.78, 5) is 24.0. The van der Waals surface area contributed by atoms with Gasteiger partial charge in [0.15, 0.2) is 5.82 Å². The molecule has 4 heterocycles. The van der Waals surface area contributed by atoms with Crippen molar-refractivity contribution in [2.45, 2.75) is 32.6 Å². The Kier molecular flexibility index (Phi) is 5.06. The molecule has 1 aliphatic heterocycles. The average Bonchev–Trinajstić information content (AvgIpc) is 3.39. The third-order valence-electron chi connectivity index (χ3n) is 4.90. The van der Waals surface area contributed by atoms with E-state index in [0.717, 1.165) is 24.6 Å².